The van der Waals surface area contributed by atoms with Crippen LogP contribution in [0.25, 0.3) is 0 Å². The third kappa shape index (κ3) is 10.3. The predicted octanol–water partition coefficient (Wildman–Crippen LogP) is 1.91. The van der Waals surface area contributed by atoms with Gasteiger partial charge in [-0.25, -0.2) is 4.79 Å². The minimum Gasteiger partial charge on any atom is -0.439 e. The number of ketones is 2. The van der Waals surface area contributed by atoms with Crippen molar-refractivity contribution in [2.75, 3.05) is 41.4 Å². The van der Waals surface area contributed by atoms with Crippen LogP contribution < -0.4 is 16.4 Å². The highest BCUT2D eigenvalue weighted by molar-refractivity contribution is 6.23. The molecule has 1 heterocycles. The SMILES string of the molecule is CO[C@H]1C[C@@H](C)CC2=C(NCCN(C)C)C(=O)C=C(NC(=O)/C(C)=C/C=C\[C@@H](OC)[C@@H](OC(N)=O)/C(C)=C/[C@@H](C)[C@H]1O)C2=O. The van der Waals surface area contributed by atoms with Crippen LogP contribution >= 0.6 is 0 Å². The number of amides is 2. The van der Waals surface area contributed by atoms with E-state index in [9.17, 15) is 24.3 Å². The van der Waals surface area contributed by atoms with E-state index in [4.69, 9.17) is 19.9 Å². The summed E-state index contributed by atoms with van der Waals surface area (Å²) in [6.45, 7) is 8.09. The second-order valence-corrected chi connectivity index (χ2v) is 11.7. The maximum absolute atomic E-state index is 13.7. The molecule has 0 saturated carbocycles. The van der Waals surface area contributed by atoms with Gasteiger partial charge in [-0.2, -0.15) is 0 Å². The smallest absolute Gasteiger partial charge is 0.405 e. The highest BCUT2D eigenvalue weighted by Gasteiger charge is 2.33. The molecule has 0 fully saturated rings. The first-order valence-corrected chi connectivity index (χ1v) is 14.7. The van der Waals surface area contributed by atoms with Gasteiger partial charge in [0, 0.05) is 50.4 Å². The van der Waals surface area contributed by atoms with Crippen molar-refractivity contribution in [1.82, 2.24) is 15.5 Å². The maximum Gasteiger partial charge on any atom is 0.405 e. The summed E-state index contributed by atoms with van der Waals surface area (Å²) in [6.07, 6.45) is 3.88. The Labute approximate surface area is 260 Å². The van der Waals surface area contributed by atoms with Gasteiger partial charge in [0.25, 0.3) is 5.91 Å². The van der Waals surface area contributed by atoms with E-state index in [0.29, 0.717) is 25.1 Å². The van der Waals surface area contributed by atoms with Crippen LogP contribution in [0.4, 0.5) is 4.79 Å². The fourth-order valence-corrected chi connectivity index (χ4v) is 5.18. The second kappa shape index (κ2) is 17.0. The molecular formula is C32H48N4O8. The number of nitrogens with two attached hydrogens (primary N) is 1. The van der Waals surface area contributed by atoms with E-state index in [0.717, 1.165) is 6.08 Å². The second-order valence-electron chi connectivity index (χ2n) is 11.7. The fraction of sp³-hybridized carbons (Fsp3) is 0.562. The van der Waals surface area contributed by atoms with Crippen molar-refractivity contribution in [1.29, 1.82) is 0 Å². The van der Waals surface area contributed by atoms with Crippen LogP contribution in [0.15, 0.2) is 58.5 Å². The number of carbonyl (C=O) groups is 4. The molecule has 0 saturated heterocycles. The third-order valence-electron chi connectivity index (χ3n) is 7.65. The normalized spacial score (nSPS) is 31.0. The van der Waals surface area contributed by atoms with Crippen LogP contribution in [0, 0.1) is 11.8 Å². The highest BCUT2D eigenvalue weighted by atomic mass is 16.6. The summed E-state index contributed by atoms with van der Waals surface area (Å²) in [5, 5.41) is 17.0. The van der Waals surface area contributed by atoms with Gasteiger partial charge < -0.3 is 40.6 Å². The lowest BCUT2D eigenvalue weighted by molar-refractivity contribution is -0.120. The number of ether oxygens (including phenoxy) is 3. The number of carbonyl (C=O) groups excluding carboxylic acids is 4. The van der Waals surface area contributed by atoms with E-state index in [1.54, 1.807) is 32.1 Å². The van der Waals surface area contributed by atoms with E-state index in [-0.39, 0.29) is 34.9 Å². The Morgan fingerprint density at radius 3 is 2.43 bits per heavy atom. The zero-order valence-corrected chi connectivity index (χ0v) is 27.0. The average Bonchev–Trinajstić information content (AvgIpc) is 2.95. The molecule has 2 amide bonds. The monoisotopic (exact) mass is 616 g/mol. The van der Waals surface area contributed by atoms with Gasteiger partial charge in [0.2, 0.25) is 11.6 Å². The van der Waals surface area contributed by atoms with E-state index in [1.807, 2.05) is 32.8 Å². The number of rotatable bonds is 7. The predicted molar refractivity (Wildman–Crippen MR) is 166 cm³/mol. The molecule has 1 aliphatic carbocycles. The van der Waals surface area contributed by atoms with Gasteiger partial charge in [0.05, 0.1) is 23.6 Å². The van der Waals surface area contributed by atoms with Gasteiger partial charge >= 0.3 is 6.09 Å². The number of likely N-dealkylation sites (N-methyl/N-ethyl adjacent to an activating group) is 1. The zero-order valence-electron chi connectivity index (χ0n) is 27.0. The molecule has 2 rings (SSSR count). The molecule has 244 valence electrons. The molecule has 2 aliphatic rings. The van der Waals surface area contributed by atoms with Crippen LogP contribution in [-0.2, 0) is 28.6 Å². The van der Waals surface area contributed by atoms with Gasteiger partial charge in [-0.05, 0) is 52.3 Å². The molecule has 0 aromatic heterocycles. The molecule has 12 nitrogen and oxygen atoms in total. The van der Waals surface area contributed by atoms with Crippen molar-refractivity contribution < 1.29 is 38.5 Å². The van der Waals surface area contributed by atoms with Gasteiger partial charge in [0.1, 0.15) is 6.10 Å². The van der Waals surface area contributed by atoms with Crippen LogP contribution in [-0.4, -0.2) is 99.4 Å². The van der Waals surface area contributed by atoms with Crippen molar-refractivity contribution >= 4 is 23.6 Å². The zero-order chi connectivity index (χ0) is 33.1. The summed E-state index contributed by atoms with van der Waals surface area (Å²) in [4.78, 5) is 53.7. The largest absolute Gasteiger partial charge is 0.439 e. The molecule has 0 unspecified atom stereocenters. The van der Waals surface area contributed by atoms with Crippen LogP contribution in [0.5, 0.6) is 0 Å². The molecule has 0 aromatic carbocycles. The molecule has 1 aliphatic heterocycles. The highest BCUT2D eigenvalue weighted by Crippen LogP contribution is 2.28. The lowest BCUT2D eigenvalue weighted by Gasteiger charge is -2.30. The van der Waals surface area contributed by atoms with E-state index in [2.05, 4.69) is 10.6 Å². The van der Waals surface area contributed by atoms with E-state index < -0.39 is 53.9 Å². The first kappa shape index (κ1) is 36.6. The summed E-state index contributed by atoms with van der Waals surface area (Å²) in [5.74, 6) is -2.06. The van der Waals surface area contributed by atoms with Crippen LogP contribution in [0.2, 0.25) is 0 Å². The molecule has 2 bridgehead atoms. The number of fused-ring (bicyclic) bond motifs is 2. The lowest BCUT2D eigenvalue weighted by atomic mass is 9.85. The minimum absolute atomic E-state index is 0.114. The van der Waals surface area contributed by atoms with Gasteiger partial charge in [-0.15, -0.1) is 0 Å². The van der Waals surface area contributed by atoms with Crippen molar-refractivity contribution in [2.24, 2.45) is 17.6 Å². The number of allylic oxidation sites excluding steroid dienone is 4. The third-order valence-corrected chi connectivity index (χ3v) is 7.65. The Kier molecular flexibility index (Phi) is 14.2. The average molecular weight is 617 g/mol. The molecule has 44 heavy (non-hydrogen) atoms. The number of aliphatic hydroxyl groups excluding tert-OH is 1. The molecule has 0 aromatic rings. The first-order chi connectivity index (χ1) is 20.7. The quantitative estimate of drug-likeness (QED) is 0.245. The lowest BCUT2D eigenvalue weighted by Crippen LogP contribution is -2.38. The Balaban J connectivity index is 2.60. The summed E-state index contributed by atoms with van der Waals surface area (Å²) in [5.41, 5.74) is 6.55. The van der Waals surface area contributed by atoms with Crippen molar-refractivity contribution in [3.05, 3.63) is 58.5 Å². The van der Waals surface area contributed by atoms with Crippen LogP contribution in [0.1, 0.15) is 40.5 Å². The molecule has 0 spiro atoms. The molecule has 12 heteroatoms. The number of nitrogens with zero attached hydrogens (tertiary/aromatic N) is 1. The molecular weight excluding hydrogens is 568 g/mol. The number of Topliss-reactive ketones (excluding diaryl/α,β-unsaturated/α-hetero) is 1. The number of nitrogens with one attached hydrogen (secondary N) is 2. The topological polar surface area (TPSA) is 170 Å². The van der Waals surface area contributed by atoms with E-state index in [1.165, 1.54) is 20.3 Å². The fourth-order valence-electron chi connectivity index (χ4n) is 5.18. The van der Waals surface area contributed by atoms with Gasteiger partial charge in [0.15, 0.2) is 6.10 Å². The first-order valence-electron chi connectivity index (χ1n) is 14.7. The Morgan fingerprint density at radius 1 is 1.16 bits per heavy atom. The summed E-state index contributed by atoms with van der Waals surface area (Å²) >= 11 is 0. The number of aliphatic hydroxyl groups is 1. The van der Waals surface area contributed by atoms with Crippen molar-refractivity contribution in [3.8, 4) is 0 Å². The molecule has 0 radical (unpaired) electrons. The minimum atomic E-state index is -0.997. The number of hydrogen-bond donors (Lipinski definition) is 4. The Hall–Kier alpha value is -3.58. The number of primary amides is 1. The molecule has 5 N–H and O–H groups in total. The van der Waals surface area contributed by atoms with Crippen LogP contribution in [0.3, 0.4) is 0 Å². The summed E-state index contributed by atoms with van der Waals surface area (Å²) in [6, 6.07) is 0. The summed E-state index contributed by atoms with van der Waals surface area (Å²) in [7, 11) is 6.74. The number of hydrogen-bond acceptors (Lipinski definition) is 10. The van der Waals surface area contributed by atoms with E-state index >= 15 is 0 Å². The number of methoxy groups -OCH3 is 2. The summed E-state index contributed by atoms with van der Waals surface area (Å²) < 4.78 is 16.6. The molecule has 6 atom stereocenters. The Bertz CT molecular complexity index is 1230. The Morgan fingerprint density at radius 2 is 1.84 bits per heavy atom. The maximum atomic E-state index is 13.7. The van der Waals surface area contributed by atoms with Gasteiger partial charge in [-0.1, -0.05) is 38.2 Å². The van der Waals surface area contributed by atoms with Crippen molar-refractivity contribution in [2.45, 2.75) is 65.0 Å². The standard InChI is InChI=1S/C32H48N4O8/c1-18-14-22-27(34-12-13-36(5)6)24(37)17-23(29(22)39)35-31(40)19(2)10-9-11-25(42-7)30(44-32(33)41)21(4)16-20(3)28(38)26(15-18)43-8/h9-11,16-18,20,25-26,28,30,34,38H,12-15H2,1-8H3,(H2,33,41)(H,35,40)/b11-9-,19-10+,21-16+/t18-,20+,25+,26-,28+,30-/m0/s1. The van der Waals surface area contributed by atoms with Gasteiger partial charge in [-0.3, -0.25) is 14.4 Å². The van der Waals surface area contributed by atoms with Crippen molar-refractivity contribution in [3.63, 3.8) is 0 Å².